The van der Waals surface area contributed by atoms with Gasteiger partial charge in [0.2, 0.25) is 0 Å². The second kappa shape index (κ2) is 8.02. The molecule has 0 atom stereocenters. The van der Waals surface area contributed by atoms with Crippen LogP contribution in [0.5, 0.6) is 11.5 Å². The maximum absolute atomic E-state index is 12.7. The Morgan fingerprint density at radius 3 is 2.19 bits per heavy atom. The van der Waals surface area contributed by atoms with Crippen LogP contribution >= 0.6 is 0 Å². The van der Waals surface area contributed by atoms with Gasteiger partial charge in [-0.15, -0.1) is 0 Å². The fourth-order valence-corrected chi connectivity index (χ4v) is 3.04. The second-order valence-corrected chi connectivity index (χ2v) is 6.35. The SMILES string of the molecule is COc1cc2ccc(C(=O)CN(C)Cc3ccccc3)cc2cc1OC. The lowest BCUT2D eigenvalue weighted by molar-refractivity contribution is 0.0943. The van der Waals surface area contributed by atoms with E-state index in [-0.39, 0.29) is 5.78 Å². The average Bonchev–Trinajstić information content (AvgIpc) is 2.66. The molecule has 0 aliphatic carbocycles. The summed E-state index contributed by atoms with van der Waals surface area (Å²) in [4.78, 5) is 14.7. The van der Waals surface area contributed by atoms with Gasteiger partial charge >= 0.3 is 0 Å². The first-order valence-corrected chi connectivity index (χ1v) is 8.52. The lowest BCUT2D eigenvalue weighted by atomic mass is 10.0. The van der Waals surface area contributed by atoms with Crippen LogP contribution in [0.3, 0.4) is 0 Å². The van der Waals surface area contributed by atoms with E-state index in [4.69, 9.17) is 9.47 Å². The number of rotatable bonds is 7. The van der Waals surface area contributed by atoms with Gasteiger partial charge < -0.3 is 9.47 Å². The van der Waals surface area contributed by atoms with E-state index >= 15 is 0 Å². The summed E-state index contributed by atoms with van der Waals surface area (Å²) in [7, 11) is 5.18. The highest BCUT2D eigenvalue weighted by molar-refractivity contribution is 6.01. The van der Waals surface area contributed by atoms with Gasteiger partial charge in [0.1, 0.15) is 0 Å². The zero-order valence-corrected chi connectivity index (χ0v) is 15.4. The van der Waals surface area contributed by atoms with Gasteiger partial charge in [-0.3, -0.25) is 9.69 Å². The summed E-state index contributed by atoms with van der Waals surface area (Å²) >= 11 is 0. The molecule has 0 unspecified atom stereocenters. The Hall–Kier alpha value is -2.85. The summed E-state index contributed by atoms with van der Waals surface area (Å²) in [6.45, 7) is 1.11. The molecule has 0 aliphatic rings. The third-order valence-electron chi connectivity index (χ3n) is 4.37. The highest BCUT2D eigenvalue weighted by atomic mass is 16.5. The van der Waals surface area contributed by atoms with Crippen LogP contribution < -0.4 is 9.47 Å². The molecule has 0 radical (unpaired) electrons. The predicted molar refractivity (Wildman–Crippen MR) is 104 cm³/mol. The Morgan fingerprint density at radius 2 is 1.54 bits per heavy atom. The van der Waals surface area contributed by atoms with Gasteiger partial charge in [0.05, 0.1) is 20.8 Å². The number of methoxy groups -OCH3 is 2. The topological polar surface area (TPSA) is 38.8 Å². The van der Waals surface area contributed by atoms with Crippen LogP contribution in [-0.2, 0) is 6.54 Å². The Balaban J connectivity index is 1.77. The summed E-state index contributed by atoms with van der Waals surface area (Å²) in [5, 5.41) is 1.97. The molecule has 3 aromatic carbocycles. The molecule has 0 bridgehead atoms. The van der Waals surface area contributed by atoms with E-state index in [1.54, 1.807) is 14.2 Å². The van der Waals surface area contributed by atoms with E-state index in [2.05, 4.69) is 12.1 Å². The van der Waals surface area contributed by atoms with Crippen molar-refractivity contribution in [2.75, 3.05) is 27.8 Å². The van der Waals surface area contributed by atoms with Gasteiger partial charge in [-0.25, -0.2) is 0 Å². The summed E-state index contributed by atoms with van der Waals surface area (Å²) in [6.07, 6.45) is 0. The molecule has 0 saturated carbocycles. The second-order valence-electron chi connectivity index (χ2n) is 6.35. The van der Waals surface area contributed by atoms with Crippen molar-refractivity contribution in [3.05, 3.63) is 71.8 Å². The highest BCUT2D eigenvalue weighted by Gasteiger charge is 2.12. The number of carbonyl (C=O) groups is 1. The number of likely N-dealkylation sites (N-methyl/N-ethyl adjacent to an activating group) is 1. The minimum atomic E-state index is 0.0973. The van der Waals surface area contributed by atoms with E-state index in [1.807, 2.05) is 60.5 Å². The molecule has 4 nitrogen and oxygen atoms in total. The maximum Gasteiger partial charge on any atom is 0.176 e. The predicted octanol–water partition coefficient (Wildman–Crippen LogP) is 4.17. The maximum atomic E-state index is 12.7. The lowest BCUT2D eigenvalue weighted by Crippen LogP contribution is -2.25. The number of benzene rings is 3. The van der Waals surface area contributed by atoms with Crippen molar-refractivity contribution in [3.63, 3.8) is 0 Å². The molecule has 0 fully saturated rings. The molecule has 0 spiro atoms. The standard InChI is InChI=1S/C22H23NO3/c1-23(14-16-7-5-4-6-8-16)15-20(24)18-10-9-17-12-21(25-2)22(26-3)13-19(17)11-18/h4-13H,14-15H2,1-3H3. The van der Waals surface area contributed by atoms with E-state index in [9.17, 15) is 4.79 Å². The first kappa shape index (κ1) is 18.0. The fourth-order valence-electron chi connectivity index (χ4n) is 3.04. The lowest BCUT2D eigenvalue weighted by Gasteiger charge is -2.16. The van der Waals surface area contributed by atoms with Gasteiger partial charge in [0.15, 0.2) is 17.3 Å². The molecule has 0 N–H and O–H groups in total. The third kappa shape index (κ3) is 4.03. The molecule has 0 aromatic heterocycles. The van der Waals surface area contributed by atoms with E-state index in [1.165, 1.54) is 5.56 Å². The van der Waals surface area contributed by atoms with Crippen LogP contribution in [0, 0.1) is 0 Å². The van der Waals surface area contributed by atoms with E-state index in [0.29, 0.717) is 23.6 Å². The van der Waals surface area contributed by atoms with Crippen molar-refractivity contribution >= 4 is 16.6 Å². The van der Waals surface area contributed by atoms with Crippen LogP contribution in [-0.4, -0.2) is 38.5 Å². The summed E-state index contributed by atoms with van der Waals surface area (Å²) in [5.41, 5.74) is 1.89. The Morgan fingerprint density at radius 1 is 0.885 bits per heavy atom. The minimum absolute atomic E-state index is 0.0973. The van der Waals surface area contributed by atoms with Gasteiger partial charge in [-0.1, -0.05) is 42.5 Å². The van der Waals surface area contributed by atoms with Gasteiger partial charge in [0.25, 0.3) is 0 Å². The number of hydrogen-bond donors (Lipinski definition) is 0. The zero-order valence-electron chi connectivity index (χ0n) is 15.4. The van der Waals surface area contributed by atoms with Crippen LogP contribution in [0.15, 0.2) is 60.7 Å². The average molecular weight is 349 g/mol. The largest absolute Gasteiger partial charge is 0.493 e. The minimum Gasteiger partial charge on any atom is -0.493 e. The van der Waals surface area contributed by atoms with Crippen LogP contribution in [0.4, 0.5) is 0 Å². The number of carbonyl (C=O) groups excluding carboxylic acids is 1. The molecule has 0 heterocycles. The number of ether oxygens (including phenoxy) is 2. The number of nitrogens with zero attached hydrogens (tertiary/aromatic N) is 1. The Bertz CT molecular complexity index is 906. The number of fused-ring (bicyclic) bond motifs is 1. The monoisotopic (exact) mass is 349 g/mol. The van der Waals surface area contributed by atoms with Crippen molar-refractivity contribution in [2.24, 2.45) is 0 Å². The molecule has 0 saturated heterocycles. The van der Waals surface area contributed by atoms with Crippen LogP contribution in [0.2, 0.25) is 0 Å². The molecule has 4 heteroatoms. The van der Waals surface area contributed by atoms with Crippen molar-refractivity contribution in [2.45, 2.75) is 6.54 Å². The normalized spacial score (nSPS) is 10.9. The van der Waals surface area contributed by atoms with Gasteiger partial charge in [-0.05, 0) is 41.6 Å². The molecule has 3 rings (SSSR count). The molecular formula is C22H23NO3. The third-order valence-corrected chi connectivity index (χ3v) is 4.37. The first-order valence-electron chi connectivity index (χ1n) is 8.52. The van der Waals surface area contributed by atoms with Gasteiger partial charge in [-0.2, -0.15) is 0 Å². The molecular weight excluding hydrogens is 326 g/mol. The quantitative estimate of drug-likeness (QED) is 0.600. The fraction of sp³-hybridized carbons (Fsp3) is 0.227. The Labute approximate surface area is 154 Å². The first-order chi connectivity index (χ1) is 12.6. The zero-order chi connectivity index (χ0) is 18.5. The van der Waals surface area contributed by atoms with Crippen molar-refractivity contribution in [1.82, 2.24) is 4.90 Å². The number of Topliss-reactive ketones (excluding diaryl/α,β-unsaturated/α-hetero) is 1. The van der Waals surface area contributed by atoms with E-state index in [0.717, 1.165) is 17.3 Å². The smallest absolute Gasteiger partial charge is 0.176 e. The Kier molecular flexibility index (Phi) is 5.54. The molecule has 0 amide bonds. The molecule has 134 valence electrons. The van der Waals surface area contributed by atoms with Crippen molar-refractivity contribution in [1.29, 1.82) is 0 Å². The van der Waals surface area contributed by atoms with Crippen molar-refractivity contribution in [3.8, 4) is 11.5 Å². The molecule has 0 aliphatic heterocycles. The van der Waals surface area contributed by atoms with Gasteiger partial charge in [0, 0.05) is 12.1 Å². The van der Waals surface area contributed by atoms with Crippen molar-refractivity contribution < 1.29 is 14.3 Å². The number of ketones is 1. The van der Waals surface area contributed by atoms with Crippen LogP contribution in [0.25, 0.3) is 10.8 Å². The molecule has 26 heavy (non-hydrogen) atoms. The summed E-state index contributed by atoms with van der Waals surface area (Å²) in [6, 6.07) is 19.7. The molecule has 3 aromatic rings. The summed E-state index contributed by atoms with van der Waals surface area (Å²) < 4.78 is 10.7. The highest BCUT2D eigenvalue weighted by Crippen LogP contribution is 2.32. The van der Waals surface area contributed by atoms with E-state index < -0.39 is 0 Å². The summed E-state index contributed by atoms with van der Waals surface area (Å²) in [5.74, 6) is 1.44. The number of hydrogen-bond acceptors (Lipinski definition) is 4. The van der Waals surface area contributed by atoms with Crippen LogP contribution in [0.1, 0.15) is 15.9 Å².